The van der Waals surface area contributed by atoms with E-state index >= 15 is 0 Å². The van der Waals surface area contributed by atoms with Gasteiger partial charge in [-0.25, -0.2) is 8.42 Å². The van der Waals surface area contributed by atoms with Crippen molar-refractivity contribution in [2.75, 3.05) is 31.8 Å². The normalized spacial score (nSPS) is 20.5. The third-order valence-corrected chi connectivity index (χ3v) is 7.80. The van der Waals surface area contributed by atoms with Crippen LogP contribution in [0.5, 0.6) is 11.5 Å². The first-order chi connectivity index (χ1) is 14.2. The van der Waals surface area contributed by atoms with Crippen LogP contribution in [0.15, 0.2) is 12.1 Å². The summed E-state index contributed by atoms with van der Waals surface area (Å²) in [7, 11) is -0.899. The molecule has 0 N–H and O–H groups in total. The van der Waals surface area contributed by atoms with Gasteiger partial charge >= 0.3 is 0 Å². The molecule has 9 heteroatoms. The van der Waals surface area contributed by atoms with Crippen LogP contribution in [0.1, 0.15) is 41.4 Å². The maximum atomic E-state index is 11.9. The maximum absolute atomic E-state index is 11.9. The van der Waals surface area contributed by atoms with Gasteiger partial charge in [-0.2, -0.15) is 5.10 Å². The Bertz CT molecular complexity index is 1050. The zero-order valence-corrected chi connectivity index (χ0v) is 19.2. The Kier molecular flexibility index (Phi) is 6.01. The first-order valence-corrected chi connectivity index (χ1v) is 12.4. The van der Waals surface area contributed by atoms with Gasteiger partial charge in [0, 0.05) is 30.8 Å². The van der Waals surface area contributed by atoms with Gasteiger partial charge in [-0.3, -0.25) is 9.58 Å². The molecule has 1 atom stereocenters. The molecule has 2 aromatic rings. The van der Waals surface area contributed by atoms with Crippen molar-refractivity contribution in [3.63, 3.8) is 0 Å². The van der Waals surface area contributed by atoms with Gasteiger partial charge in [-0.05, 0) is 45.0 Å². The number of nitrogens with zero attached hydrogens (tertiary/aromatic N) is 3. The molecule has 2 aliphatic heterocycles. The fourth-order valence-electron chi connectivity index (χ4n) is 4.26. The molecule has 3 heterocycles. The summed E-state index contributed by atoms with van der Waals surface area (Å²) in [5, 5.41) is 5.24. The molecule has 1 saturated heterocycles. The molecule has 1 unspecified atom stereocenters. The largest absolute Gasteiger partial charge is 0.489 e. The van der Waals surface area contributed by atoms with E-state index in [1.54, 1.807) is 0 Å². The van der Waals surface area contributed by atoms with Crippen molar-refractivity contribution in [1.82, 2.24) is 14.7 Å². The molecular formula is C21H28ClN3O4S. The van der Waals surface area contributed by atoms with Gasteiger partial charge in [0.05, 0.1) is 41.5 Å². The number of aromatic nitrogens is 2. The lowest BCUT2D eigenvalue weighted by atomic mass is 10.1. The van der Waals surface area contributed by atoms with Crippen molar-refractivity contribution in [1.29, 1.82) is 0 Å². The number of benzene rings is 1. The van der Waals surface area contributed by atoms with E-state index in [0.717, 1.165) is 28.9 Å². The lowest BCUT2D eigenvalue weighted by Crippen LogP contribution is -2.19. The number of fused-ring (bicyclic) bond motifs is 1. The molecule has 2 aliphatic rings. The molecule has 0 spiro atoms. The summed E-state index contributed by atoms with van der Waals surface area (Å²) in [6.07, 6.45) is 1.47. The van der Waals surface area contributed by atoms with Gasteiger partial charge in [-0.15, -0.1) is 0 Å². The Morgan fingerprint density at radius 1 is 1.23 bits per heavy atom. The third kappa shape index (κ3) is 4.45. The molecule has 1 aromatic carbocycles. The zero-order valence-electron chi connectivity index (χ0n) is 17.6. The smallest absolute Gasteiger partial charge is 0.179 e. The van der Waals surface area contributed by atoms with Crippen molar-refractivity contribution >= 4 is 21.4 Å². The molecule has 7 nitrogen and oxygen atoms in total. The monoisotopic (exact) mass is 453 g/mol. The maximum Gasteiger partial charge on any atom is 0.179 e. The number of rotatable bonds is 5. The molecule has 1 fully saturated rings. The minimum absolute atomic E-state index is 0.0618. The van der Waals surface area contributed by atoms with E-state index in [0.29, 0.717) is 49.2 Å². The fourth-order valence-corrected chi connectivity index (χ4v) is 6.24. The molecule has 0 aliphatic carbocycles. The van der Waals surface area contributed by atoms with Crippen LogP contribution in [-0.4, -0.2) is 54.9 Å². The molecule has 0 saturated carbocycles. The highest BCUT2D eigenvalue weighted by Gasteiger charge is 2.31. The van der Waals surface area contributed by atoms with E-state index in [2.05, 4.69) is 10.00 Å². The highest BCUT2D eigenvalue weighted by atomic mass is 35.5. The fraction of sp³-hybridized carbons (Fsp3) is 0.571. The topological polar surface area (TPSA) is 73.7 Å². The molecule has 1 aromatic heterocycles. The highest BCUT2D eigenvalue weighted by molar-refractivity contribution is 7.91. The Morgan fingerprint density at radius 3 is 2.73 bits per heavy atom. The molecule has 0 amide bonds. The number of hydrogen-bond donors (Lipinski definition) is 0. The number of aryl methyl sites for hydroxylation is 1. The summed E-state index contributed by atoms with van der Waals surface area (Å²) >= 11 is 6.43. The number of hydrogen-bond acceptors (Lipinski definition) is 6. The summed E-state index contributed by atoms with van der Waals surface area (Å²) < 4.78 is 37.2. The van der Waals surface area contributed by atoms with Gasteiger partial charge in [-0.1, -0.05) is 11.6 Å². The minimum atomic E-state index is -2.95. The molecule has 164 valence electrons. The van der Waals surface area contributed by atoms with Gasteiger partial charge in [0.15, 0.2) is 21.3 Å². The van der Waals surface area contributed by atoms with E-state index < -0.39 is 9.84 Å². The number of halogens is 1. The summed E-state index contributed by atoms with van der Waals surface area (Å²) in [6, 6.07) is 3.86. The lowest BCUT2D eigenvalue weighted by Gasteiger charge is -2.19. The highest BCUT2D eigenvalue weighted by Crippen LogP contribution is 2.38. The Morgan fingerprint density at radius 2 is 2.00 bits per heavy atom. The summed E-state index contributed by atoms with van der Waals surface area (Å²) in [6.45, 7) is 6.65. The van der Waals surface area contributed by atoms with E-state index in [9.17, 15) is 8.42 Å². The van der Waals surface area contributed by atoms with Gasteiger partial charge in [0.1, 0.15) is 0 Å². The minimum Gasteiger partial charge on any atom is -0.489 e. The quantitative estimate of drug-likeness (QED) is 0.691. The van der Waals surface area contributed by atoms with Crippen molar-refractivity contribution in [3.8, 4) is 11.5 Å². The molecule has 0 radical (unpaired) electrons. The standard InChI is InChI=1S/C21H28ClN3O4S/c1-14-18(15(2)25(23-14)17-5-8-30(26,27)13-17)12-24(3)11-16-9-19(22)21-20(10-16)28-6-4-7-29-21/h9-10,17H,4-8,11-13H2,1-3H3. The average Bonchev–Trinajstić information content (AvgIpc) is 3.04. The predicted octanol–water partition coefficient (Wildman–Crippen LogP) is 3.31. The molecule has 30 heavy (non-hydrogen) atoms. The summed E-state index contributed by atoms with van der Waals surface area (Å²) in [4.78, 5) is 2.20. The Hall–Kier alpha value is -1.77. The number of sulfone groups is 1. The first-order valence-electron chi connectivity index (χ1n) is 10.2. The second kappa shape index (κ2) is 8.40. The van der Waals surface area contributed by atoms with E-state index in [-0.39, 0.29) is 17.5 Å². The van der Waals surface area contributed by atoms with Crippen LogP contribution < -0.4 is 9.47 Å². The predicted molar refractivity (Wildman–Crippen MR) is 116 cm³/mol. The average molecular weight is 454 g/mol. The zero-order chi connectivity index (χ0) is 21.5. The van der Waals surface area contributed by atoms with Crippen LogP contribution >= 0.6 is 11.6 Å². The Labute approximate surface area is 182 Å². The Balaban J connectivity index is 1.49. The van der Waals surface area contributed by atoms with Crippen LogP contribution in [-0.2, 0) is 22.9 Å². The third-order valence-electron chi connectivity index (χ3n) is 5.77. The van der Waals surface area contributed by atoms with Gasteiger partial charge < -0.3 is 9.47 Å². The van der Waals surface area contributed by atoms with Gasteiger partial charge in [0.2, 0.25) is 0 Å². The van der Waals surface area contributed by atoms with Crippen molar-refractivity contribution in [2.45, 2.75) is 45.8 Å². The van der Waals surface area contributed by atoms with Crippen molar-refractivity contribution in [2.24, 2.45) is 0 Å². The molecule has 4 rings (SSSR count). The summed E-state index contributed by atoms with van der Waals surface area (Å²) in [5.74, 6) is 1.75. The van der Waals surface area contributed by atoms with E-state index in [4.69, 9.17) is 21.1 Å². The molecule has 0 bridgehead atoms. The van der Waals surface area contributed by atoms with E-state index in [1.807, 2.05) is 37.7 Å². The first kappa shape index (κ1) is 21.5. The van der Waals surface area contributed by atoms with E-state index in [1.165, 1.54) is 0 Å². The van der Waals surface area contributed by atoms with Crippen LogP contribution in [0, 0.1) is 13.8 Å². The summed E-state index contributed by atoms with van der Waals surface area (Å²) in [5.41, 5.74) is 4.18. The van der Waals surface area contributed by atoms with Crippen LogP contribution in [0.25, 0.3) is 0 Å². The lowest BCUT2D eigenvalue weighted by molar-refractivity contribution is 0.296. The number of ether oxygens (including phenoxy) is 2. The second-order valence-corrected chi connectivity index (χ2v) is 10.9. The van der Waals surface area contributed by atoms with Gasteiger partial charge in [0.25, 0.3) is 0 Å². The van der Waals surface area contributed by atoms with Crippen molar-refractivity contribution < 1.29 is 17.9 Å². The molecular weight excluding hydrogens is 426 g/mol. The SMILES string of the molecule is Cc1nn(C2CCS(=O)(=O)C2)c(C)c1CN(C)Cc1cc(Cl)c2c(c1)OCCCO2. The van der Waals surface area contributed by atoms with Crippen molar-refractivity contribution in [3.05, 3.63) is 39.7 Å². The van der Waals surface area contributed by atoms with Crippen LogP contribution in [0.3, 0.4) is 0 Å². The second-order valence-electron chi connectivity index (χ2n) is 8.28. The van der Waals surface area contributed by atoms with Crippen LogP contribution in [0.4, 0.5) is 0 Å². The van der Waals surface area contributed by atoms with Crippen LogP contribution in [0.2, 0.25) is 5.02 Å².